The summed E-state index contributed by atoms with van der Waals surface area (Å²) in [6.45, 7) is 3.71. The van der Waals surface area contributed by atoms with Gasteiger partial charge in [-0.05, 0) is 88.7 Å². The molecule has 1 N–H and O–H groups in total. The minimum Gasteiger partial charge on any atom is -0.323 e. The zero-order valence-electron chi connectivity index (χ0n) is 14.0. The Hall–Kier alpha value is -1.31. The van der Waals surface area contributed by atoms with Crippen LogP contribution in [0, 0.1) is 18.6 Å². The summed E-state index contributed by atoms with van der Waals surface area (Å²) in [5.41, 5.74) is 1.89. The van der Waals surface area contributed by atoms with Crippen molar-refractivity contribution in [3.63, 3.8) is 0 Å². The van der Waals surface area contributed by atoms with E-state index in [0.29, 0.717) is 5.69 Å². The molecule has 1 amide bonds. The first-order chi connectivity index (χ1) is 11.7. The first-order valence-electron chi connectivity index (χ1n) is 7.59. The molecule has 2 aromatic carbocycles. The molecule has 0 aliphatic heterocycles. The molecular weight excluding hydrogens is 458 g/mol. The van der Waals surface area contributed by atoms with Crippen molar-refractivity contribution < 1.29 is 13.6 Å². The number of likely N-dealkylation sites (N-methyl/N-ethyl adjacent to an activating group) is 1. The molecular formula is C18H18Br2F2N2O. The van der Waals surface area contributed by atoms with Crippen molar-refractivity contribution >= 4 is 43.5 Å². The van der Waals surface area contributed by atoms with Gasteiger partial charge < -0.3 is 5.32 Å². The second-order valence-corrected chi connectivity index (χ2v) is 7.62. The number of anilines is 1. The minimum absolute atomic E-state index is 0.0316. The van der Waals surface area contributed by atoms with Gasteiger partial charge >= 0.3 is 0 Å². The normalized spacial score (nSPS) is 12.3. The lowest BCUT2D eigenvalue weighted by atomic mass is 10.1. The van der Waals surface area contributed by atoms with Gasteiger partial charge in [-0.3, -0.25) is 9.69 Å². The van der Waals surface area contributed by atoms with Crippen molar-refractivity contribution in [3.05, 3.63) is 62.0 Å². The van der Waals surface area contributed by atoms with Crippen LogP contribution >= 0.6 is 31.9 Å². The number of rotatable bonds is 5. The molecule has 1 unspecified atom stereocenters. The average Bonchev–Trinajstić information content (AvgIpc) is 2.52. The third-order valence-corrected chi connectivity index (χ3v) is 5.16. The Kier molecular flexibility index (Phi) is 6.71. The lowest BCUT2D eigenvalue weighted by Crippen LogP contribution is -2.32. The fraction of sp³-hybridized carbons (Fsp3) is 0.278. The van der Waals surface area contributed by atoms with Gasteiger partial charge in [0.25, 0.3) is 0 Å². The van der Waals surface area contributed by atoms with Gasteiger partial charge in [0.2, 0.25) is 5.91 Å². The Bertz CT molecular complexity index is 776. The molecule has 134 valence electrons. The lowest BCUT2D eigenvalue weighted by Gasteiger charge is -2.25. The second kappa shape index (κ2) is 8.38. The molecule has 0 aliphatic carbocycles. The van der Waals surface area contributed by atoms with Gasteiger partial charge in [0.1, 0.15) is 11.6 Å². The quantitative estimate of drug-likeness (QED) is 0.625. The summed E-state index contributed by atoms with van der Waals surface area (Å²) in [6.07, 6.45) is 0. The summed E-state index contributed by atoms with van der Waals surface area (Å²) in [4.78, 5) is 14.0. The van der Waals surface area contributed by atoms with Crippen LogP contribution in [0.1, 0.15) is 24.1 Å². The first-order valence-corrected chi connectivity index (χ1v) is 9.18. The van der Waals surface area contributed by atoms with Gasteiger partial charge in [0.05, 0.1) is 12.2 Å². The number of carbonyl (C=O) groups is 1. The predicted octanol–water partition coefficient (Wildman–Crippen LogP) is 5.43. The maximum Gasteiger partial charge on any atom is 0.238 e. The van der Waals surface area contributed by atoms with Crippen molar-refractivity contribution in [3.8, 4) is 0 Å². The van der Waals surface area contributed by atoms with E-state index in [4.69, 9.17) is 0 Å². The Morgan fingerprint density at radius 3 is 2.40 bits per heavy atom. The van der Waals surface area contributed by atoms with Crippen molar-refractivity contribution in [1.82, 2.24) is 4.90 Å². The molecule has 1 atom stereocenters. The summed E-state index contributed by atoms with van der Waals surface area (Å²) >= 11 is 6.85. The third-order valence-electron chi connectivity index (χ3n) is 3.91. The standard InChI is InChI=1S/C18H18Br2F2N2O/c1-10-6-14(19)18(15(20)7-10)23-17(25)9-24(3)11(2)13-8-12(21)4-5-16(13)22/h4-8,11H,9H2,1-3H3,(H,23,25). The van der Waals surface area contributed by atoms with Crippen LogP contribution in [0.25, 0.3) is 0 Å². The van der Waals surface area contributed by atoms with Gasteiger partial charge in [-0.15, -0.1) is 0 Å². The lowest BCUT2D eigenvalue weighted by molar-refractivity contribution is -0.117. The summed E-state index contributed by atoms with van der Waals surface area (Å²) < 4.78 is 28.8. The summed E-state index contributed by atoms with van der Waals surface area (Å²) in [5.74, 6) is -1.25. The van der Waals surface area contributed by atoms with Gasteiger partial charge in [-0.2, -0.15) is 0 Å². The van der Waals surface area contributed by atoms with Crippen LogP contribution < -0.4 is 5.32 Å². The molecule has 0 fully saturated rings. The topological polar surface area (TPSA) is 32.3 Å². The Balaban J connectivity index is 2.09. The Labute approximate surface area is 162 Å². The second-order valence-electron chi connectivity index (χ2n) is 5.91. The summed E-state index contributed by atoms with van der Waals surface area (Å²) in [7, 11) is 1.69. The third kappa shape index (κ3) is 5.09. The number of hydrogen-bond donors (Lipinski definition) is 1. The van der Waals surface area contributed by atoms with Crippen LogP contribution in [0.5, 0.6) is 0 Å². The van der Waals surface area contributed by atoms with Crippen molar-refractivity contribution in [2.75, 3.05) is 18.9 Å². The highest BCUT2D eigenvalue weighted by molar-refractivity contribution is 9.11. The number of nitrogens with zero attached hydrogens (tertiary/aromatic N) is 1. The molecule has 0 saturated heterocycles. The van der Waals surface area contributed by atoms with Crippen LogP contribution in [0.2, 0.25) is 0 Å². The fourth-order valence-electron chi connectivity index (χ4n) is 2.43. The summed E-state index contributed by atoms with van der Waals surface area (Å²) in [6, 6.07) is 6.66. The highest BCUT2D eigenvalue weighted by atomic mass is 79.9. The Morgan fingerprint density at radius 1 is 1.20 bits per heavy atom. The highest BCUT2D eigenvalue weighted by Crippen LogP contribution is 2.32. The zero-order valence-corrected chi connectivity index (χ0v) is 17.2. The van der Waals surface area contributed by atoms with E-state index >= 15 is 0 Å². The number of nitrogens with one attached hydrogen (secondary N) is 1. The van der Waals surface area contributed by atoms with Crippen LogP contribution in [0.15, 0.2) is 39.3 Å². The zero-order chi connectivity index (χ0) is 18.7. The summed E-state index contributed by atoms with van der Waals surface area (Å²) in [5, 5.41) is 2.83. The SMILES string of the molecule is Cc1cc(Br)c(NC(=O)CN(C)C(C)c2cc(F)ccc2F)c(Br)c1. The monoisotopic (exact) mass is 474 g/mol. The number of hydrogen-bond acceptors (Lipinski definition) is 2. The van der Waals surface area contributed by atoms with Gasteiger partial charge in [-0.25, -0.2) is 8.78 Å². The van der Waals surface area contributed by atoms with Crippen molar-refractivity contribution in [2.45, 2.75) is 19.9 Å². The molecule has 25 heavy (non-hydrogen) atoms. The molecule has 7 heteroatoms. The number of aryl methyl sites for hydroxylation is 1. The molecule has 3 nitrogen and oxygen atoms in total. The molecule has 0 bridgehead atoms. The van der Waals surface area contributed by atoms with Gasteiger partial charge in [0, 0.05) is 20.6 Å². The molecule has 0 aromatic heterocycles. The maximum atomic E-state index is 13.9. The van der Waals surface area contributed by atoms with E-state index in [-0.39, 0.29) is 18.0 Å². The first kappa shape index (κ1) is 20.0. The van der Waals surface area contributed by atoms with Crippen LogP contribution in [0.3, 0.4) is 0 Å². The number of amides is 1. The van der Waals surface area contributed by atoms with E-state index in [0.717, 1.165) is 32.7 Å². The number of carbonyl (C=O) groups excluding carboxylic acids is 1. The van der Waals surface area contributed by atoms with Gasteiger partial charge in [-0.1, -0.05) is 0 Å². The van der Waals surface area contributed by atoms with E-state index < -0.39 is 17.7 Å². The van der Waals surface area contributed by atoms with E-state index in [9.17, 15) is 13.6 Å². The molecule has 0 saturated carbocycles. The predicted molar refractivity (Wildman–Crippen MR) is 103 cm³/mol. The van der Waals surface area contributed by atoms with E-state index in [1.54, 1.807) is 18.9 Å². The van der Waals surface area contributed by atoms with Crippen LogP contribution in [-0.4, -0.2) is 24.4 Å². The highest BCUT2D eigenvalue weighted by Gasteiger charge is 2.19. The average molecular weight is 476 g/mol. The molecule has 0 aliphatic rings. The number of benzene rings is 2. The van der Waals surface area contributed by atoms with E-state index in [1.807, 2.05) is 19.1 Å². The largest absolute Gasteiger partial charge is 0.323 e. The minimum atomic E-state index is -0.506. The van der Waals surface area contributed by atoms with Crippen LogP contribution in [-0.2, 0) is 4.79 Å². The van der Waals surface area contributed by atoms with E-state index in [1.165, 1.54) is 0 Å². The molecule has 2 rings (SSSR count). The molecule has 2 aromatic rings. The maximum absolute atomic E-state index is 13.9. The number of halogens is 4. The fourth-order valence-corrected chi connectivity index (χ4v) is 4.05. The molecule has 0 radical (unpaired) electrons. The smallest absolute Gasteiger partial charge is 0.238 e. The molecule has 0 spiro atoms. The van der Waals surface area contributed by atoms with Crippen molar-refractivity contribution in [2.24, 2.45) is 0 Å². The Morgan fingerprint density at radius 2 is 1.80 bits per heavy atom. The van der Waals surface area contributed by atoms with Crippen LogP contribution in [0.4, 0.5) is 14.5 Å². The van der Waals surface area contributed by atoms with Gasteiger partial charge in [0.15, 0.2) is 0 Å². The molecule has 0 heterocycles. The van der Waals surface area contributed by atoms with Crippen molar-refractivity contribution in [1.29, 1.82) is 0 Å². The van der Waals surface area contributed by atoms with E-state index in [2.05, 4.69) is 37.2 Å².